The Morgan fingerprint density at radius 3 is 2.33 bits per heavy atom. The summed E-state index contributed by atoms with van der Waals surface area (Å²) in [6.45, 7) is 7.22. The lowest BCUT2D eigenvalue weighted by molar-refractivity contribution is 0.0252. The number of ether oxygens (including phenoxy) is 1. The summed E-state index contributed by atoms with van der Waals surface area (Å²) in [6.07, 6.45) is 2.09. The first kappa shape index (κ1) is 24.6. The Morgan fingerprint density at radius 2 is 1.50 bits per heavy atom. The molecule has 5 nitrogen and oxygen atoms in total. The minimum Gasteiger partial charge on any atom is -0.439 e. The van der Waals surface area contributed by atoms with E-state index in [-0.39, 0.29) is 5.97 Å². The maximum atomic E-state index is 14.1. The van der Waals surface area contributed by atoms with Gasteiger partial charge in [0, 0.05) is 57.1 Å². The third-order valence-corrected chi connectivity index (χ3v) is 8.93. The van der Waals surface area contributed by atoms with Gasteiger partial charge >= 0.3 is 5.97 Å². The summed E-state index contributed by atoms with van der Waals surface area (Å²) in [5, 5.41) is 1.97. The molecule has 0 radical (unpaired) electrons. The van der Waals surface area contributed by atoms with Gasteiger partial charge in [-0.05, 0) is 56.7 Å². The van der Waals surface area contributed by atoms with Gasteiger partial charge < -0.3 is 13.7 Å². The number of aromatic nitrogens is 3. The van der Waals surface area contributed by atoms with E-state index in [1.54, 1.807) is 0 Å². The zero-order valence-electron chi connectivity index (χ0n) is 23.8. The number of aryl methyl sites for hydroxylation is 2. The molecule has 0 aliphatic carbocycles. The molecule has 1 aliphatic heterocycles. The predicted octanol–water partition coefficient (Wildman–Crippen LogP) is 8.21. The first-order chi connectivity index (χ1) is 20.5. The van der Waals surface area contributed by atoms with E-state index >= 15 is 0 Å². The number of nitrogens with zero attached hydrogens (tertiary/aromatic N) is 3. The Hall–Kier alpha value is -5.16. The first-order valence-corrected chi connectivity index (χ1v) is 14.4. The van der Waals surface area contributed by atoms with Gasteiger partial charge in [-0.25, -0.2) is 9.78 Å². The Balaban J connectivity index is 1.64. The average Bonchev–Trinajstić information content (AvgIpc) is 3.60. The number of esters is 1. The number of cyclic esters (lactones) is 1. The number of para-hydroxylation sites is 2. The van der Waals surface area contributed by atoms with Crippen LogP contribution >= 0.6 is 0 Å². The summed E-state index contributed by atoms with van der Waals surface area (Å²) in [6, 6.07) is 35.0. The van der Waals surface area contributed by atoms with Crippen LogP contribution in [0.5, 0.6) is 0 Å². The molecule has 1 aliphatic rings. The van der Waals surface area contributed by atoms with Crippen molar-refractivity contribution in [1.29, 1.82) is 0 Å². The zero-order chi connectivity index (χ0) is 28.6. The van der Waals surface area contributed by atoms with Gasteiger partial charge in [-0.3, -0.25) is 0 Å². The van der Waals surface area contributed by atoms with Crippen molar-refractivity contribution < 1.29 is 9.53 Å². The molecule has 0 N–H and O–H groups in total. The molecule has 0 amide bonds. The van der Waals surface area contributed by atoms with Gasteiger partial charge in [-0.2, -0.15) is 0 Å². The first-order valence-electron chi connectivity index (χ1n) is 14.4. The Bertz CT molecular complexity index is 2210. The van der Waals surface area contributed by atoms with E-state index in [4.69, 9.17) is 9.72 Å². The molecule has 5 heterocycles. The van der Waals surface area contributed by atoms with Crippen LogP contribution in [0.1, 0.15) is 45.5 Å². The number of pyridine rings is 2. The van der Waals surface area contributed by atoms with Gasteiger partial charge in [-0.15, -0.1) is 0 Å². The summed E-state index contributed by atoms with van der Waals surface area (Å²) in [5.41, 5.74) is 8.93. The lowest BCUT2D eigenvalue weighted by Crippen LogP contribution is -2.32. The predicted molar refractivity (Wildman–Crippen MR) is 167 cm³/mol. The second-order valence-corrected chi connectivity index (χ2v) is 11.0. The maximum Gasteiger partial charge on any atom is 0.341 e. The Kier molecular flexibility index (Phi) is 5.23. The third kappa shape index (κ3) is 3.13. The number of fused-ring (bicyclic) bond motifs is 4. The number of benzene rings is 3. The van der Waals surface area contributed by atoms with E-state index < -0.39 is 5.60 Å². The molecule has 3 aromatic carbocycles. The van der Waals surface area contributed by atoms with Gasteiger partial charge in [0.2, 0.25) is 5.60 Å². The van der Waals surface area contributed by atoms with E-state index in [1.165, 1.54) is 0 Å². The molecule has 4 aromatic heterocycles. The molecule has 0 fully saturated rings. The van der Waals surface area contributed by atoms with Crippen LogP contribution in [0.2, 0.25) is 0 Å². The molecule has 42 heavy (non-hydrogen) atoms. The number of carbonyl (C=O) groups excluding carboxylic acids is 1. The Labute approximate surface area is 243 Å². The summed E-state index contributed by atoms with van der Waals surface area (Å²) >= 11 is 0. The highest BCUT2D eigenvalue weighted by molar-refractivity contribution is 6.03. The van der Waals surface area contributed by atoms with Crippen LogP contribution in [0.25, 0.3) is 38.4 Å². The van der Waals surface area contributed by atoms with Crippen LogP contribution in [-0.4, -0.2) is 19.9 Å². The standard InChI is InChI=1S/C37H29N3O2/c1-4-39-24(3)33(27-17-9-11-19-30(27)39)37(35-28(36(41)42-37)22-26-16-8-10-18-29(26)38-35)34-31-20-12-13-21-40(31)23(2)32(34)25-14-6-5-7-15-25/h5-22H,4H2,1-3H3. The lowest BCUT2D eigenvalue weighted by Gasteiger charge is -2.31. The number of carbonyl (C=O) groups is 1. The van der Waals surface area contributed by atoms with Crippen molar-refractivity contribution in [3.05, 3.63) is 143 Å². The van der Waals surface area contributed by atoms with Crippen molar-refractivity contribution in [3.63, 3.8) is 0 Å². The summed E-state index contributed by atoms with van der Waals surface area (Å²) < 4.78 is 11.4. The lowest BCUT2D eigenvalue weighted by atomic mass is 9.78. The van der Waals surface area contributed by atoms with Crippen LogP contribution in [-0.2, 0) is 16.9 Å². The van der Waals surface area contributed by atoms with E-state index in [0.717, 1.165) is 67.5 Å². The van der Waals surface area contributed by atoms with Gasteiger partial charge in [-0.1, -0.05) is 72.8 Å². The molecule has 0 saturated heterocycles. The minimum atomic E-state index is -1.29. The monoisotopic (exact) mass is 547 g/mol. The zero-order valence-corrected chi connectivity index (χ0v) is 23.8. The van der Waals surface area contributed by atoms with Gasteiger partial charge in [0.25, 0.3) is 0 Å². The second kappa shape index (κ2) is 8.92. The molecule has 7 aromatic rings. The van der Waals surface area contributed by atoms with Crippen molar-refractivity contribution in [2.45, 2.75) is 32.9 Å². The fourth-order valence-electron chi connectivity index (χ4n) is 7.21. The molecule has 0 spiro atoms. The van der Waals surface area contributed by atoms with Gasteiger partial charge in [0.15, 0.2) is 0 Å². The number of hydrogen-bond donors (Lipinski definition) is 0. The molecule has 1 unspecified atom stereocenters. The van der Waals surface area contributed by atoms with Crippen LogP contribution in [0, 0.1) is 13.8 Å². The molecule has 0 bridgehead atoms. The highest BCUT2D eigenvalue weighted by atomic mass is 16.6. The summed E-state index contributed by atoms with van der Waals surface area (Å²) in [7, 11) is 0. The van der Waals surface area contributed by atoms with Crippen molar-refractivity contribution in [3.8, 4) is 11.1 Å². The van der Waals surface area contributed by atoms with Crippen molar-refractivity contribution >= 4 is 33.3 Å². The van der Waals surface area contributed by atoms with Crippen molar-refractivity contribution in [1.82, 2.24) is 14.0 Å². The average molecular weight is 548 g/mol. The van der Waals surface area contributed by atoms with E-state index in [9.17, 15) is 4.79 Å². The molecule has 204 valence electrons. The van der Waals surface area contributed by atoms with Crippen molar-refractivity contribution in [2.75, 3.05) is 0 Å². The molecule has 0 saturated carbocycles. The quantitative estimate of drug-likeness (QED) is 0.209. The topological polar surface area (TPSA) is 48.5 Å². The minimum absolute atomic E-state index is 0.358. The largest absolute Gasteiger partial charge is 0.439 e. The Morgan fingerprint density at radius 1 is 0.786 bits per heavy atom. The second-order valence-electron chi connectivity index (χ2n) is 11.0. The SMILES string of the molecule is CCn1c(C)c(C2(c3c(-c4ccccc4)c(C)n4ccccc34)OC(=O)c3cc4ccccc4nc32)c2ccccc21. The highest BCUT2D eigenvalue weighted by Crippen LogP contribution is 2.55. The molecular formula is C37H29N3O2. The fraction of sp³-hybridized carbons (Fsp3) is 0.135. The molecule has 5 heteroatoms. The summed E-state index contributed by atoms with van der Waals surface area (Å²) in [4.78, 5) is 19.4. The molecule has 1 atom stereocenters. The number of hydrogen-bond acceptors (Lipinski definition) is 3. The van der Waals surface area contributed by atoms with Gasteiger partial charge in [0.05, 0.1) is 16.6 Å². The maximum absolute atomic E-state index is 14.1. The van der Waals surface area contributed by atoms with Crippen LogP contribution in [0.4, 0.5) is 0 Å². The fourth-order valence-corrected chi connectivity index (χ4v) is 7.21. The van der Waals surface area contributed by atoms with Crippen molar-refractivity contribution in [2.24, 2.45) is 0 Å². The van der Waals surface area contributed by atoms with Crippen LogP contribution in [0.3, 0.4) is 0 Å². The van der Waals surface area contributed by atoms with Gasteiger partial charge in [0.1, 0.15) is 5.69 Å². The highest BCUT2D eigenvalue weighted by Gasteiger charge is 2.55. The van der Waals surface area contributed by atoms with E-state index in [1.807, 2.05) is 42.5 Å². The van der Waals surface area contributed by atoms with E-state index in [2.05, 4.69) is 96.6 Å². The normalized spacial score (nSPS) is 16.4. The van der Waals surface area contributed by atoms with Crippen LogP contribution < -0.4 is 0 Å². The smallest absolute Gasteiger partial charge is 0.341 e. The molecular weight excluding hydrogens is 518 g/mol. The van der Waals surface area contributed by atoms with Crippen LogP contribution in [0.15, 0.2) is 109 Å². The molecule has 8 rings (SSSR count). The summed E-state index contributed by atoms with van der Waals surface area (Å²) in [5.74, 6) is -0.358. The third-order valence-electron chi connectivity index (χ3n) is 8.93. The van der Waals surface area contributed by atoms with E-state index in [0.29, 0.717) is 11.3 Å². The number of rotatable bonds is 4.